The number of rotatable bonds is 10. The summed E-state index contributed by atoms with van der Waals surface area (Å²) in [4.78, 5) is 20.5. The molecule has 0 amide bonds. The Labute approximate surface area is 166 Å². The lowest BCUT2D eigenvalue weighted by molar-refractivity contribution is 0.0966. The first-order valence-corrected chi connectivity index (χ1v) is 10.5. The normalized spacial score (nSPS) is 19.5. The van der Waals surface area contributed by atoms with E-state index in [0.29, 0.717) is 6.61 Å². The predicted molar refractivity (Wildman–Crippen MR) is 104 cm³/mol. The maximum Gasteiger partial charge on any atom is 0.404 e. The van der Waals surface area contributed by atoms with Crippen molar-refractivity contribution in [2.24, 2.45) is 0 Å². The number of alkyl halides is 1. The molecule has 1 fully saturated rings. The second-order valence-corrected chi connectivity index (χ2v) is 7.54. The molecule has 1 saturated carbocycles. The predicted octanol–water partition coefficient (Wildman–Crippen LogP) is 7.41. The average Bonchev–Trinajstić information content (AvgIpc) is 2.53. The smallest absolute Gasteiger partial charge is 0.404 e. The Hall–Kier alpha value is -0.190. The van der Waals surface area contributed by atoms with Crippen LogP contribution in [0.3, 0.4) is 0 Å². The van der Waals surface area contributed by atoms with Gasteiger partial charge < -0.3 is 9.47 Å². The molecule has 4 nitrogen and oxygen atoms in total. The van der Waals surface area contributed by atoms with Gasteiger partial charge in [0.05, 0.1) is 6.61 Å². The standard InChI is InChI=1S/C11H21ClO2.C7H10Cl2O2/c1-2-3-4-5-6-7-8-9-10-14-11(12)13;8-5-2-1-3-6(4-5)11-7(9)10/h2-10H2,1H3;5-6H,1-4H2. The monoisotopic (exact) mass is 416 g/mol. The minimum absolute atomic E-state index is 0.0590. The van der Waals surface area contributed by atoms with Crippen LogP contribution in [0.25, 0.3) is 0 Å². The molecule has 1 aliphatic rings. The van der Waals surface area contributed by atoms with Crippen LogP contribution >= 0.6 is 34.8 Å². The van der Waals surface area contributed by atoms with Crippen LogP contribution in [-0.2, 0) is 9.47 Å². The van der Waals surface area contributed by atoms with Crippen LogP contribution < -0.4 is 0 Å². The van der Waals surface area contributed by atoms with E-state index in [0.717, 1.165) is 38.5 Å². The van der Waals surface area contributed by atoms with Crippen LogP contribution in [0.2, 0.25) is 0 Å². The Kier molecular flexibility index (Phi) is 17.1. The van der Waals surface area contributed by atoms with Crippen molar-refractivity contribution < 1.29 is 19.1 Å². The largest absolute Gasteiger partial charge is 0.454 e. The molecule has 0 aromatic carbocycles. The van der Waals surface area contributed by atoms with Crippen molar-refractivity contribution in [3.05, 3.63) is 0 Å². The summed E-state index contributed by atoms with van der Waals surface area (Å²) in [7, 11) is 0. The maximum atomic E-state index is 10.3. The summed E-state index contributed by atoms with van der Waals surface area (Å²) in [6.45, 7) is 2.69. The second-order valence-electron chi connectivity index (χ2n) is 6.30. The molecule has 148 valence electrons. The summed E-state index contributed by atoms with van der Waals surface area (Å²) in [5.41, 5.74) is -1.41. The lowest BCUT2D eigenvalue weighted by Gasteiger charge is -2.23. The van der Waals surface area contributed by atoms with Gasteiger partial charge in [0.15, 0.2) is 0 Å². The highest BCUT2D eigenvalue weighted by Gasteiger charge is 2.22. The Bertz CT molecular complexity index is 353. The number of halogens is 3. The molecule has 2 unspecified atom stereocenters. The SMILES string of the molecule is CCCCCCCCCCOC(=O)Cl.O=C(Cl)OC1CCCC(Cl)C1. The minimum atomic E-state index is -0.722. The summed E-state index contributed by atoms with van der Waals surface area (Å²) < 4.78 is 9.42. The van der Waals surface area contributed by atoms with Gasteiger partial charge in [-0.15, -0.1) is 11.6 Å². The molecule has 2 atom stereocenters. The van der Waals surface area contributed by atoms with Crippen LogP contribution in [0.15, 0.2) is 0 Å². The van der Waals surface area contributed by atoms with Crippen LogP contribution in [-0.4, -0.2) is 28.9 Å². The first kappa shape index (κ1) is 24.8. The number of carbonyl (C=O) groups is 2. The highest BCUT2D eigenvalue weighted by molar-refractivity contribution is 6.61. The van der Waals surface area contributed by atoms with Crippen molar-refractivity contribution in [3.8, 4) is 0 Å². The van der Waals surface area contributed by atoms with Crippen molar-refractivity contribution in [1.29, 1.82) is 0 Å². The molecule has 25 heavy (non-hydrogen) atoms. The zero-order chi connectivity index (χ0) is 18.9. The minimum Gasteiger partial charge on any atom is -0.454 e. The van der Waals surface area contributed by atoms with Crippen LogP contribution in [0.4, 0.5) is 9.59 Å². The second kappa shape index (κ2) is 17.2. The summed E-state index contributed by atoms with van der Waals surface area (Å²) in [5, 5.41) is 0.143. The number of carbonyl (C=O) groups excluding carboxylic acids is 2. The molecule has 0 aromatic heterocycles. The van der Waals surface area contributed by atoms with Gasteiger partial charge in [-0.1, -0.05) is 51.9 Å². The lowest BCUT2D eigenvalue weighted by Crippen LogP contribution is -2.23. The molecular weight excluding hydrogens is 387 g/mol. The van der Waals surface area contributed by atoms with E-state index in [1.54, 1.807) is 0 Å². The Morgan fingerprint density at radius 3 is 2.04 bits per heavy atom. The Morgan fingerprint density at radius 1 is 0.920 bits per heavy atom. The maximum absolute atomic E-state index is 10.3. The van der Waals surface area contributed by atoms with Crippen molar-refractivity contribution >= 4 is 45.7 Å². The number of hydrogen-bond donors (Lipinski definition) is 0. The molecule has 1 rings (SSSR count). The van der Waals surface area contributed by atoms with Gasteiger partial charge in [0.2, 0.25) is 0 Å². The molecule has 0 saturated heterocycles. The zero-order valence-electron chi connectivity index (χ0n) is 15.1. The summed E-state index contributed by atoms with van der Waals surface area (Å²) in [6.07, 6.45) is 13.5. The summed E-state index contributed by atoms with van der Waals surface area (Å²) >= 11 is 15.9. The van der Waals surface area contributed by atoms with Gasteiger partial charge in [-0.3, -0.25) is 0 Å². The fourth-order valence-corrected chi connectivity index (χ4v) is 3.27. The van der Waals surface area contributed by atoms with E-state index in [-0.39, 0.29) is 11.5 Å². The van der Waals surface area contributed by atoms with E-state index >= 15 is 0 Å². The van der Waals surface area contributed by atoms with Gasteiger partial charge in [-0.2, -0.15) is 0 Å². The number of unbranched alkanes of at least 4 members (excludes halogenated alkanes) is 7. The molecule has 0 aliphatic heterocycles. The molecule has 0 N–H and O–H groups in total. The first-order chi connectivity index (χ1) is 12.0. The van der Waals surface area contributed by atoms with E-state index in [2.05, 4.69) is 11.7 Å². The van der Waals surface area contributed by atoms with Crippen LogP contribution in [0.1, 0.15) is 84.0 Å². The third-order valence-corrected chi connectivity index (χ3v) is 4.63. The summed E-state index contributed by atoms with van der Waals surface area (Å²) in [6, 6.07) is 0. The molecular formula is C18H31Cl3O4. The van der Waals surface area contributed by atoms with Gasteiger partial charge in [0.25, 0.3) is 0 Å². The van der Waals surface area contributed by atoms with Gasteiger partial charge in [0.1, 0.15) is 6.10 Å². The molecule has 0 radical (unpaired) electrons. The number of hydrogen-bond acceptors (Lipinski definition) is 4. The Balaban J connectivity index is 0.000000472. The zero-order valence-corrected chi connectivity index (χ0v) is 17.4. The van der Waals surface area contributed by atoms with Crippen LogP contribution in [0, 0.1) is 0 Å². The van der Waals surface area contributed by atoms with Gasteiger partial charge in [-0.05, 0) is 25.7 Å². The molecule has 1 aliphatic carbocycles. The Morgan fingerprint density at radius 2 is 1.52 bits per heavy atom. The molecule has 0 aromatic rings. The van der Waals surface area contributed by atoms with Gasteiger partial charge >= 0.3 is 10.9 Å². The average molecular weight is 418 g/mol. The van der Waals surface area contributed by atoms with E-state index in [1.165, 1.54) is 38.5 Å². The first-order valence-electron chi connectivity index (χ1n) is 9.28. The van der Waals surface area contributed by atoms with E-state index in [1.807, 2.05) is 0 Å². The van der Waals surface area contributed by atoms with Crippen molar-refractivity contribution in [2.75, 3.05) is 6.61 Å². The number of ether oxygens (including phenoxy) is 2. The van der Waals surface area contributed by atoms with E-state index in [4.69, 9.17) is 39.5 Å². The quantitative estimate of drug-likeness (QED) is 0.211. The fraction of sp³-hybridized carbons (Fsp3) is 0.889. The molecule has 7 heteroatoms. The fourth-order valence-electron chi connectivity index (χ4n) is 2.71. The highest BCUT2D eigenvalue weighted by Crippen LogP contribution is 2.25. The van der Waals surface area contributed by atoms with E-state index in [9.17, 15) is 9.59 Å². The highest BCUT2D eigenvalue weighted by atomic mass is 35.5. The molecule has 0 spiro atoms. The molecule has 0 bridgehead atoms. The molecule has 0 heterocycles. The van der Waals surface area contributed by atoms with Crippen molar-refractivity contribution in [2.45, 2.75) is 95.5 Å². The summed E-state index contributed by atoms with van der Waals surface area (Å²) in [5.74, 6) is 0. The van der Waals surface area contributed by atoms with Crippen molar-refractivity contribution in [1.82, 2.24) is 0 Å². The van der Waals surface area contributed by atoms with Gasteiger partial charge in [-0.25, -0.2) is 9.59 Å². The third-order valence-electron chi connectivity index (χ3n) is 4.03. The lowest BCUT2D eigenvalue weighted by atomic mass is 9.97. The topological polar surface area (TPSA) is 52.6 Å². The third kappa shape index (κ3) is 18.4. The van der Waals surface area contributed by atoms with Gasteiger partial charge in [0, 0.05) is 35.0 Å². The van der Waals surface area contributed by atoms with Crippen LogP contribution in [0.5, 0.6) is 0 Å². The van der Waals surface area contributed by atoms with Crippen molar-refractivity contribution in [3.63, 3.8) is 0 Å². The van der Waals surface area contributed by atoms with E-state index < -0.39 is 10.9 Å².